The van der Waals surface area contributed by atoms with Gasteiger partial charge in [-0.3, -0.25) is 0 Å². The summed E-state index contributed by atoms with van der Waals surface area (Å²) in [6.45, 7) is 4.73. The Morgan fingerprint density at radius 1 is 1.35 bits per heavy atom. The van der Waals surface area contributed by atoms with Crippen molar-refractivity contribution in [2.24, 2.45) is 0 Å². The molecular formula is C12H17N5O2S. The van der Waals surface area contributed by atoms with E-state index in [1.807, 2.05) is 13.8 Å². The molecule has 0 aliphatic rings. The van der Waals surface area contributed by atoms with Gasteiger partial charge >= 0.3 is 0 Å². The molecule has 7 nitrogen and oxygen atoms in total. The van der Waals surface area contributed by atoms with Crippen LogP contribution in [0.5, 0.6) is 11.8 Å². The summed E-state index contributed by atoms with van der Waals surface area (Å²) in [5.74, 6) is 0.850. The SMILES string of the molecule is CCNC(c1ncc(OC)nc1OC)c1snnc1C. The molecule has 2 aromatic heterocycles. The number of nitrogens with one attached hydrogen (secondary N) is 1. The second kappa shape index (κ2) is 6.58. The van der Waals surface area contributed by atoms with E-state index >= 15 is 0 Å². The van der Waals surface area contributed by atoms with Crippen molar-refractivity contribution in [3.63, 3.8) is 0 Å². The van der Waals surface area contributed by atoms with Gasteiger partial charge in [-0.15, -0.1) is 5.10 Å². The predicted octanol–water partition coefficient (Wildman–Crippen LogP) is 1.35. The molecule has 108 valence electrons. The van der Waals surface area contributed by atoms with Crippen LogP contribution in [0.4, 0.5) is 0 Å². The van der Waals surface area contributed by atoms with Gasteiger partial charge in [-0.05, 0) is 25.0 Å². The van der Waals surface area contributed by atoms with E-state index in [-0.39, 0.29) is 6.04 Å². The van der Waals surface area contributed by atoms with Gasteiger partial charge in [-0.1, -0.05) is 11.4 Å². The maximum absolute atomic E-state index is 5.32. The first-order valence-electron chi connectivity index (χ1n) is 6.18. The first kappa shape index (κ1) is 14.6. The van der Waals surface area contributed by atoms with Crippen LogP contribution in [-0.2, 0) is 0 Å². The number of nitrogens with zero attached hydrogens (tertiary/aromatic N) is 4. The summed E-state index contributed by atoms with van der Waals surface area (Å²) in [5, 5.41) is 7.41. The summed E-state index contributed by atoms with van der Waals surface area (Å²) >= 11 is 1.34. The zero-order valence-corrected chi connectivity index (χ0v) is 12.7. The Labute approximate surface area is 121 Å². The third kappa shape index (κ3) is 2.86. The van der Waals surface area contributed by atoms with Crippen molar-refractivity contribution in [1.29, 1.82) is 0 Å². The van der Waals surface area contributed by atoms with Crippen molar-refractivity contribution in [2.75, 3.05) is 20.8 Å². The molecule has 0 radical (unpaired) electrons. The Morgan fingerprint density at radius 3 is 2.70 bits per heavy atom. The second-order valence-corrected chi connectivity index (χ2v) is 4.81. The standard InChI is InChI=1S/C12H17N5O2S/c1-5-13-9(11-7(2)16-17-20-11)10-12(19-4)15-8(18-3)6-14-10/h6,9,13H,5H2,1-4H3. The average molecular weight is 295 g/mol. The largest absolute Gasteiger partial charge is 0.480 e. The third-order valence-electron chi connectivity index (χ3n) is 2.78. The average Bonchev–Trinajstić information content (AvgIpc) is 2.90. The molecule has 0 aliphatic heterocycles. The van der Waals surface area contributed by atoms with E-state index in [0.29, 0.717) is 17.5 Å². The number of ether oxygens (including phenoxy) is 2. The number of hydrogen-bond acceptors (Lipinski definition) is 8. The van der Waals surface area contributed by atoms with Gasteiger partial charge in [0.15, 0.2) is 0 Å². The van der Waals surface area contributed by atoms with Crippen LogP contribution < -0.4 is 14.8 Å². The van der Waals surface area contributed by atoms with Crippen molar-refractivity contribution in [3.8, 4) is 11.8 Å². The highest BCUT2D eigenvalue weighted by atomic mass is 32.1. The number of methoxy groups -OCH3 is 2. The van der Waals surface area contributed by atoms with Crippen LogP contribution in [-0.4, -0.2) is 40.3 Å². The monoisotopic (exact) mass is 295 g/mol. The number of rotatable bonds is 6. The van der Waals surface area contributed by atoms with Crippen LogP contribution >= 0.6 is 11.5 Å². The quantitative estimate of drug-likeness (QED) is 0.861. The minimum absolute atomic E-state index is 0.145. The van der Waals surface area contributed by atoms with E-state index in [4.69, 9.17) is 9.47 Å². The zero-order chi connectivity index (χ0) is 14.5. The van der Waals surface area contributed by atoms with Crippen molar-refractivity contribution >= 4 is 11.5 Å². The van der Waals surface area contributed by atoms with E-state index in [2.05, 4.69) is 24.9 Å². The Morgan fingerprint density at radius 2 is 2.15 bits per heavy atom. The summed E-state index contributed by atoms with van der Waals surface area (Å²) in [6, 6.07) is -0.145. The molecule has 2 rings (SSSR count). The molecule has 0 aliphatic carbocycles. The normalized spacial score (nSPS) is 12.2. The van der Waals surface area contributed by atoms with Crippen molar-refractivity contribution in [3.05, 3.63) is 22.5 Å². The molecular weight excluding hydrogens is 278 g/mol. The third-order valence-corrected chi connectivity index (χ3v) is 3.67. The molecule has 0 saturated heterocycles. The first-order chi connectivity index (χ1) is 9.71. The van der Waals surface area contributed by atoms with Gasteiger partial charge in [0.05, 0.1) is 37.0 Å². The van der Waals surface area contributed by atoms with Gasteiger partial charge in [0.1, 0.15) is 5.69 Å². The van der Waals surface area contributed by atoms with Crippen molar-refractivity contribution < 1.29 is 9.47 Å². The van der Waals surface area contributed by atoms with Crippen LogP contribution in [0.15, 0.2) is 6.20 Å². The lowest BCUT2D eigenvalue weighted by atomic mass is 10.1. The van der Waals surface area contributed by atoms with Gasteiger partial charge in [0.2, 0.25) is 11.8 Å². The smallest absolute Gasteiger partial charge is 0.240 e. The second-order valence-electron chi connectivity index (χ2n) is 4.02. The highest BCUT2D eigenvalue weighted by Crippen LogP contribution is 2.31. The fraction of sp³-hybridized carbons (Fsp3) is 0.500. The lowest BCUT2D eigenvalue weighted by Crippen LogP contribution is -2.23. The summed E-state index contributed by atoms with van der Waals surface area (Å²) in [6.07, 6.45) is 1.58. The summed E-state index contributed by atoms with van der Waals surface area (Å²) in [7, 11) is 3.11. The van der Waals surface area contributed by atoms with Crippen LogP contribution in [0.3, 0.4) is 0 Å². The maximum Gasteiger partial charge on any atom is 0.240 e. The maximum atomic E-state index is 5.32. The topological polar surface area (TPSA) is 82.1 Å². The molecule has 20 heavy (non-hydrogen) atoms. The lowest BCUT2D eigenvalue weighted by molar-refractivity contribution is 0.353. The van der Waals surface area contributed by atoms with E-state index in [1.165, 1.54) is 11.5 Å². The molecule has 0 spiro atoms. The number of aryl methyl sites for hydroxylation is 1. The van der Waals surface area contributed by atoms with Crippen LogP contribution in [0.2, 0.25) is 0 Å². The Hall–Kier alpha value is -1.80. The molecule has 2 heterocycles. The van der Waals surface area contributed by atoms with Crippen LogP contribution in [0.1, 0.15) is 29.2 Å². The van der Waals surface area contributed by atoms with E-state index in [9.17, 15) is 0 Å². The molecule has 0 bridgehead atoms. The molecule has 0 saturated carbocycles. The molecule has 1 unspecified atom stereocenters. The fourth-order valence-electron chi connectivity index (χ4n) is 1.83. The Balaban J connectivity index is 2.46. The van der Waals surface area contributed by atoms with Gasteiger partial charge in [-0.2, -0.15) is 4.98 Å². The summed E-state index contributed by atoms with van der Waals surface area (Å²) in [5.41, 5.74) is 1.57. The molecule has 2 aromatic rings. The minimum Gasteiger partial charge on any atom is -0.480 e. The van der Waals surface area contributed by atoms with Gasteiger partial charge in [0.25, 0.3) is 0 Å². The summed E-state index contributed by atoms with van der Waals surface area (Å²) < 4.78 is 14.4. The fourth-order valence-corrected chi connectivity index (χ4v) is 2.56. The zero-order valence-electron chi connectivity index (χ0n) is 11.9. The predicted molar refractivity (Wildman–Crippen MR) is 75.3 cm³/mol. The highest BCUT2D eigenvalue weighted by molar-refractivity contribution is 7.05. The lowest BCUT2D eigenvalue weighted by Gasteiger charge is -2.18. The Bertz CT molecular complexity index is 575. The summed E-state index contributed by atoms with van der Waals surface area (Å²) in [4.78, 5) is 9.69. The molecule has 0 fully saturated rings. The molecule has 8 heteroatoms. The van der Waals surface area contributed by atoms with E-state index < -0.39 is 0 Å². The number of aromatic nitrogens is 4. The molecule has 0 amide bonds. The van der Waals surface area contributed by atoms with Gasteiger partial charge in [0, 0.05) is 0 Å². The van der Waals surface area contributed by atoms with Crippen LogP contribution in [0.25, 0.3) is 0 Å². The molecule has 0 aromatic carbocycles. The van der Waals surface area contributed by atoms with Gasteiger partial charge in [-0.25, -0.2) is 4.98 Å². The number of hydrogen-bond donors (Lipinski definition) is 1. The molecule has 1 N–H and O–H groups in total. The highest BCUT2D eigenvalue weighted by Gasteiger charge is 2.24. The molecule has 1 atom stereocenters. The van der Waals surface area contributed by atoms with Crippen LogP contribution in [0, 0.1) is 6.92 Å². The Kier molecular flexibility index (Phi) is 4.80. The van der Waals surface area contributed by atoms with Gasteiger partial charge < -0.3 is 14.8 Å². The van der Waals surface area contributed by atoms with E-state index in [0.717, 1.165) is 17.1 Å². The van der Waals surface area contributed by atoms with Crippen molar-refractivity contribution in [1.82, 2.24) is 24.9 Å². The van der Waals surface area contributed by atoms with Crippen molar-refractivity contribution in [2.45, 2.75) is 19.9 Å². The first-order valence-corrected chi connectivity index (χ1v) is 6.95. The minimum atomic E-state index is -0.145. The van der Waals surface area contributed by atoms with E-state index in [1.54, 1.807) is 20.4 Å².